The van der Waals surface area contributed by atoms with Gasteiger partial charge >= 0.3 is 0 Å². The van der Waals surface area contributed by atoms with Gasteiger partial charge < -0.3 is 10.1 Å². The Morgan fingerprint density at radius 1 is 1.44 bits per heavy atom. The largest absolute Gasteiger partial charge is 0.376 e. The van der Waals surface area contributed by atoms with Crippen LogP contribution in [0, 0.1) is 0 Å². The van der Waals surface area contributed by atoms with E-state index < -0.39 is 0 Å². The SMILES string of the molecule is O=C(/C=C/Sc1ccccc1)NCC1CCCO1. The first-order valence-electron chi connectivity index (χ1n) is 6.12. The smallest absolute Gasteiger partial charge is 0.244 e. The molecule has 2 rings (SSSR count). The lowest BCUT2D eigenvalue weighted by Gasteiger charge is -2.08. The van der Waals surface area contributed by atoms with Crippen molar-refractivity contribution < 1.29 is 9.53 Å². The molecule has 96 valence electrons. The zero-order valence-corrected chi connectivity index (χ0v) is 11.0. The summed E-state index contributed by atoms with van der Waals surface area (Å²) in [6, 6.07) is 9.96. The Kier molecular flexibility index (Phi) is 5.30. The first kappa shape index (κ1) is 13.2. The fourth-order valence-corrected chi connectivity index (χ4v) is 2.42. The van der Waals surface area contributed by atoms with Crippen LogP contribution in [0.5, 0.6) is 0 Å². The van der Waals surface area contributed by atoms with E-state index >= 15 is 0 Å². The maximum absolute atomic E-state index is 11.5. The number of amides is 1. The second-order valence-electron chi connectivity index (χ2n) is 4.11. The van der Waals surface area contributed by atoms with Crippen molar-refractivity contribution in [2.24, 2.45) is 0 Å². The van der Waals surface area contributed by atoms with Crippen molar-refractivity contribution in [3.63, 3.8) is 0 Å². The number of nitrogens with one attached hydrogen (secondary N) is 1. The van der Waals surface area contributed by atoms with Gasteiger partial charge in [-0.05, 0) is 30.4 Å². The monoisotopic (exact) mass is 263 g/mol. The van der Waals surface area contributed by atoms with Gasteiger partial charge in [-0.3, -0.25) is 4.79 Å². The molecule has 1 heterocycles. The van der Waals surface area contributed by atoms with Gasteiger partial charge in [-0.1, -0.05) is 30.0 Å². The van der Waals surface area contributed by atoms with Gasteiger partial charge in [0.2, 0.25) is 5.91 Å². The molecule has 1 amide bonds. The molecule has 4 heteroatoms. The maximum Gasteiger partial charge on any atom is 0.244 e. The molecule has 1 aliphatic rings. The Bertz CT molecular complexity index is 400. The minimum Gasteiger partial charge on any atom is -0.376 e. The van der Waals surface area contributed by atoms with Crippen molar-refractivity contribution in [1.82, 2.24) is 5.32 Å². The van der Waals surface area contributed by atoms with E-state index in [-0.39, 0.29) is 12.0 Å². The van der Waals surface area contributed by atoms with E-state index in [4.69, 9.17) is 4.74 Å². The second kappa shape index (κ2) is 7.24. The first-order chi connectivity index (χ1) is 8.84. The fraction of sp³-hybridized carbons (Fsp3) is 0.357. The van der Waals surface area contributed by atoms with Gasteiger partial charge in [0, 0.05) is 24.1 Å². The average Bonchev–Trinajstić information content (AvgIpc) is 2.91. The highest BCUT2D eigenvalue weighted by molar-refractivity contribution is 8.02. The van der Waals surface area contributed by atoms with E-state index in [1.165, 1.54) is 11.8 Å². The van der Waals surface area contributed by atoms with Crippen molar-refractivity contribution in [2.75, 3.05) is 13.2 Å². The van der Waals surface area contributed by atoms with Gasteiger partial charge in [-0.2, -0.15) is 0 Å². The molecule has 0 aliphatic carbocycles. The number of rotatable bonds is 5. The molecule has 1 fully saturated rings. The summed E-state index contributed by atoms with van der Waals surface area (Å²) >= 11 is 1.53. The van der Waals surface area contributed by atoms with Gasteiger partial charge in [-0.25, -0.2) is 0 Å². The van der Waals surface area contributed by atoms with Crippen LogP contribution < -0.4 is 5.32 Å². The van der Waals surface area contributed by atoms with Crippen LogP contribution in [0.1, 0.15) is 12.8 Å². The van der Waals surface area contributed by atoms with Gasteiger partial charge in [0.25, 0.3) is 0 Å². The molecule has 1 N–H and O–H groups in total. The summed E-state index contributed by atoms with van der Waals surface area (Å²) in [6.07, 6.45) is 3.90. The highest BCUT2D eigenvalue weighted by atomic mass is 32.2. The topological polar surface area (TPSA) is 38.3 Å². The third kappa shape index (κ3) is 4.55. The standard InChI is InChI=1S/C14H17NO2S/c16-14(15-11-12-5-4-9-17-12)8-10-18-13-6-2-1-3-7-13/h1-3,6-8,10,12H,4-5,9,11H2,(H,15,16)/b10-8+. The Balaban J connectivity index is 1.67. The summed E-state index contributed by atoms with van der Waals surface area (Å²) in [4.78, 5) is 12.6. The summed E-state index contributed by atoms with van der Waals surface area (Å²) in [5.74, 6) is -0.0612. The minimum atomic E-state index is -0.0612. The molecule has 1 aromatic carbocycles. The molecular formula is C14H17NO2S. The summed E-state index contributed by atoms with van der Waals surface area (Å²) in [5.41, 5.74) is 0. The number of carbonyl (C=O) groups is 1. The van der Waals surface area contributed by atoms with Crippen LogP contribution in [-0.4, -0.2) is 25.2 Å². The molecule has 1 aliphatic heterocycles. The van der Waals surface area contributed by atoms with E-state index in [1.54, 1.807) is 11.5 Å². The predicted octanol–water partition coefficient (Wildman–Crippen LogP) is 2.59. The zero-order chi connectivity index (χ0) is 12.6. The quantitative estimate of drug-likeness (QED) is 0.655. The lowest BCUT2D eigenvalue weighted by atomic mass is 10.2. The Morgan fingerprint density at radius 2 is 2.28 bits per heavy atom. The van der Waals surface area contributed by atoms with E-state index in [0.717, 1.165) is 24.3 Å². The average molecular weight is 263 g/mol. The minimum absolute atomic E-state index is 0.0612. The van der Waals surface area contributed by atoms with Crippen LogP contribution >= 0.6 is 11.8 Å². The van der Waals surface area contributed by atoms with Crippen LogP contribution in [0.3, 0.4) is 0 Å². The first-order valence-corrected chi connectivity index (χ1v) is 7.00. The van der Waals surface area contributed by atoms with Crippen molar-refractivity contribution >= 4 is 17.7 Å². The van der Waals surface area contributed by atoms with Crippen molar-refractivity contribution in [3.8, 4) is 0 Å². The van der Waals surface area contributed by atoms with Crippen LogP contribution in [-0.2, 0) is 9.53 Å². The summed E-state index contributed by atoms with van der Waals surface area (Å²) in [7, 11) is 0. The molecule has 1 atom stereocenters. The maximum atomic E-state index is 11.5. The van der Waals surface area contributed by atoms with Crippen molar-refractivity contribution in [3.05, 3.63) is 41.8 Å². The normalized spacial score (nSPS) is 19.2. The molecule has 0 spiro atoms. The number of thioether (sulfide) groups is 1. The molecule has 3 nitrogen and oxygen atoms in total. The van der Waals surface area contributed by atoms with Gasteiger partial charge in [-0.15, -0.1) is 0 Å². The Hall–Kier alpha value is -1.26. The van der Waals surface area contributed by atoms with Gasteiger partial charge in [0.05, 0.1) is 6.10 Å². The number of benzene rings is 1. The highest BCUT2D eigenvalue weighted by Gasteiger charge is 2.15. The Morgan fingerprint density at radius 3 is 3.00 bits per heavy atom. The molecule has 18 heavy (non-hydrogen) atoms. The van der Waals surface area contributed by atoms with E-state index in [2.05, 4.69) is 5.32 Å². The number of ether oxygens (including phenoxy) is 1. The molecule has 1 aromatic rings. The molecule has 1 saturated heterocycles. The third-order valence-corrected chi connectivity index (χ3v) is 3.51. The summed E-state index contributed by atoms with van der Waals surface area (Å²) in [6.45, 7) is 1.43. The summed E-state index contributed by atoms with van der Waals surface area (Å²) < 4.78 is 5.43. The lowest BCUT2D eigenvalue weighted by molar-refractivity contribution is -0.117. The fourth-order valence-electron chi connectivity index (χ4n) is 1.75. The molecule has 1 unspecified atom stereocenters. The zero-order valence-electron chi connectivity index (χ0n) is 10.2. The highest BCUT2D eigenvalue weighted by Crippen LogP contribution is 2.17. The Labute approximate surface area is 112 Å². The van der Waals surface area contributed by atoms with E-state index in [1.807, 2.05) is 30.3 Å². The van der Waals surface area contributed by atoms with E-state index in [9.17, 15) is 4.79 Å². The molecule has 0 aromatic heterocycles. The molecule has 0 saturated carbocycles. The molecule has 0 bridgehead atoms. The van der Waals surface area contributed by atoms with Gasteiger partial charge in [0.1, 0.15) is 0 Å². The number of carbonyl (C=O) groups excluding carboxylic acids is 1. The number of hydrogen-bond acceptors (Lipinski definition) is 3. The van der Waals surface area contributed by atoms with Gasteiger partial charge in [0.15, 0.2) is 0 Å². The summed E-state index contributed by atoms with van der Waals surface area (Å²) in [5, 5.41) is 4.65. The number of hydrogen-bond donors (Lipinski definition) is 1. The molecule has 0 radical (unpaired) electrons. The van der Waals surface area contributed by atoms with Crippen LogP contribution in [0.25, 0.3) is 0 Å². The van der Waals surface area contributed by atoms with E-state index in [0.29, 0.717) is 6.54 Å². The van der Waals surface area contributed by atoms with Crippen LogP contribution in [0.2, 0.25) is 0 Å². The van der Waals surface area contributed by atoms with Crippen LogP contribution in [0.4, 0.5) is 0 Å². The van der Waals surface area contributed by atoms with Crippen LogP contribution in [0.15, 0.2) is 46.7 Å². The lowest BCUT2D eigenvalue weighted by Crippen LogP contribution is -2.30. The predicted molar refractivity (Wildman–Crippen MR) is 73.4 cm³/mol. The third-order valence-electron chi connectivity index (χ3n) is 2.69. The molecular weight excluding hydrogens is 246 g/mol. The van der Waals surface area contributed by atoms with Crippen molar-refractivity contribution in [1.29, 1.82) is 0 Å². The van der Waals surface area contributed by atoms with Crippen molar-refractivity contribution in [2.45, 2.75) is 23.8 Å². The second-order valence-corrected chi connectivity index (χ2v) is 5.09.